The molecule has 1 amide bonds. The number of imidazole rings is 1. The number of hydrogen-bond acceptors (Lipinski definition) is 4. The monoisotopic (exact) mass is 342 g/mol. The number of fused-ring (bicyclic) bond motifs is 1. The van der Waals surface area contributed by atoms with E-state index in [1.807, 2.05) is 24.3 Å². The zero-order chi connectivity index (χ0) is 17.4. The maximum atomic E-state index is 12.3. The molecule has 132 valence electrons. The average molecular weight is 342 g/mol. The molecule has 7 nitrogen and oxygen atoms in total. The molecule has 2 heterocycles. The van der Waals surface area contributed by atoms with Gasteiger partial charge in [-0.3, -0.25) is 9.59 Å². The first kappa shape index (κ1) is 15.9. The van der Waals surface area contributed by atoms with Crippen LogP contribution in [0.5, 0.6) is 0 Å². The van der Waals surface area contributed by atoms with E-state index in [0.29, 0.717) is 12.8 Å². The highest BCUT2D eigenvalue weighted by molar-refractivity contribution is 5.86. The van der Waals surface area contributed by atoms with E-state index < -0.39 is 11.9 Å². The molecule has 2 fully saturated rings. The number of carboxylic acid groups (broad SMARTS) is 1. The molecule has 25 heavy (non-hydrogen) atoms. The number of H-pyrrole nitrogens is 1. The lowest BCUT2D eigenvalue weighted by Gasteiger charge is -2.36. The summed E-state index contributed by atoms with van der Waals surface area (Å²) in [6.07, 6.45) is 2.97. The summed E-state index contributed by atoms with van der Waals surface area (Å²) in [5.74, 6) is -0.940. The third-order valence-electron chi connectivity index (χ3n) is 5.45. The molecular formula is C18H22N4O3. The second-order valence-corrected chi connectivity index (χ2v) is 6.98. The van der Waals surface area contributed by atoms with E-state index in [4.69, 9.17) is 5.11 Å². The summed E-state index contributed by atoms with van der Waals surface area (Å²) < 4.78 is 0. The lowest BCUT2D eigenvalue weighted by atomic mass is 9.73. The molecular weight excluding hydrogens is 320 g/mol. The highest BCUT2D eigenvalue weighted by atomic mass is 16.4. The zero-order valence-corrected chi connectivity index (χ0v) is 13.9. The predicted octanol–water partition coefficient (Wildman–Crippen LogP) is 1.76. The lowest BCUT2D eigenvalue weighted by Crippen LogP contribution is -2.50. The molecule has 0 unspecified atom stereocenters. The number of amides is 1. The summed E-state index contributed by atoms with van der Waals surface area (Å²) in [4.78, 5) is 33.5. The minimum Gasteiger partial charge on any atom is -0.481 e. The number of carbonyl (C=O) groups is 2. The summed E-state index contributed by atoms with van der Waals surface area (Å²) in [6, 6.07) is 8.06. The number of anilines is 1. The number of aliphatic carboxylic acids is 1. The van der Waals surface area contributed by atoms with E-state index in [0.717, 1.165) is 42.9 Å². The molecule has 3 N–H and O–H groups in total. The smallest absolute Gasteiger partial charge is 0.307 e. The molecule has 0 spiro atoms. The van der Waals surface area contributed by atoms with E-state index in [1.165, 1.54) is 0 Å². The molecule has 2 aromatic rings. The number of piperidine rings is 1. The fraction of sp³-hybridized carbons (Fsp3) is 0.500. The Hall–Kier alpha value is -2.57. The number of rotatable bonds is 4. The maximum absolute atomic E-state index is 12.3. The second-order valence-electron chi connectivity index (χ2n) is 6.98. The normalized spacial score (nSPS) is 24.1. The number of aromatic amines is 1. The predicted molar refractivity (Wildman–Crippen MR) is 93.3 cm³/mol. The number of hydrogen-bond donors (Lipinski definition) is 3. The van der Waals surface area contributed by atoms with Crippen LogP contribution in [-0.2, 0) is 9.59 Å². The van der Waals surface area contributed by atoms with Crippen LogP contribution in [0.4, 0.5) is 5.95 Å². The van der Waals surface area contributed by atoms with Crippen LogP contribution in [0.25, 0.3) is 11.0 Å². The van der Waals surface area contributed by atoms with Crippen molar-refractivity contribution in [2.45, 2.75) is 31.7 Å². The third-order valence-corrected chi connectivity index (χ3v) is 5.45. The largest absolute Gasteiger partial charge is 0.481 e. The van der Waals surface area contributed by atoms with Gasteiger partial charge in [0.2, 0.25) is 11.9 Å². The number of aromatic nitrogens is 2. The highest BCUT2D eigenvalue weighted by Crippen LogP contribution is 2.34. The molecule has 1 aliphatic heterocycles. The van der Waals surface area contributed by atoms with Crippen LogP contribution < -0.4 is 10.2 Å². The molecule has 1 aliphatic carbocycles. The SMILES string of the molecule is O=C(NC1CCN(c2nc3ccccc3[nH]2)CC1)[C@H]1CC[C@H]1C(=O)O. The van der Waals surface area contributed by atoms with Crippen LogP contribution in [-0.4, -0.2) is 46.1 Å². The van der Waals surface area contributed by atoms with Crippen molar-refractivity contribution in [1.82, 2.24) is 15.3 Å². The number of para-hydroxylation sites is 2. The summed E-state index contributed by atoms with van der Waals surface area (Å²) in [6.45, 7) is 1.63. The topological polar surface area (TPSA) is 98.3 Å². The molecule has 4 rings (SSSR count). The minimum absolute atomic E-state index is 0.0964. The van der Waals surface area contributed by atoms with Gasteiger partial charge in [-0.05, 0) is 37.8 Å². The van der Waals surface area contributed by atoms with E-state index in [-0.39, 0.29) is 17.9 Å². The first-order chi connectivity index (χ1) is 12.1. The Labute approximate surface area is 145 Å². The molecule has 0 radical (unpaired) electrons. The van der Waals surface area contributed by atoms with Crippen molar-refractivity contribution in [2.24, 2.45) is 11.8 Å². The van der Waals surface area contributed by atoms with Crippen molar-refractivity contribution in [2.75, 3.05) is 18.0 Å². The number of benzene rings is 1. The van der Waals surface area contributed by atoms with Crippen LogP contribution >= 0.6 is 0 Å². The Morgan fingerprint density at radius 2 is 1.84 bits per heavy atom. The van der Waals surface area contributed by atoms with Gasteiger partial charge in [0.25, 0.3) is 0 Å². The van der Waals surface area contributed by atoms with Gasteiger partial charge in [-0.2, -0.15) is 0 Å². The van der Waals surface area contributed by atoms with Gasteiger partial charge in [0, 0.05) is 19.1 Å². The van der Waals surface area contributed by atoms with Gasteiger partial charge in [-0.25, -0.2) is 4.98 Å². The molecule has 2 aliphatic rings. The third kappa shape index (κ3) is 3.06. The van der Waals surface area contributed by atoms with Gasteiger partial charge >= 0.3 is 5.97 Å². The van der Waals surface area contributed by atoms with Crippen molar-refractivity contribution in [3.63, 3.8) is 0 Å². The first-order valence-electron chi connectivity index (χ1n) is 8.84. The van der Waals surface area contributed by atoms with E-state index in [1.54, 1.807) is 0 Å². The quantitative estimate of drug-likeness (QED) is 0.786. The van der Waals surface area contributed by atoms with Crippen molar-refractivity contribution in [3.8, 4) is 0 Å². The van der Waals surface area contributed by atoms with Crippen LogP contribution in [0.1, 0.15) is 25.7 Å². The minimum atomic E-state index is -0.855. The van der Waals surface area contributed by atoms with Crippen molar-refractivity contribution in [1.29, 1.82) is 0 Å². The van der Waals surface area contributed by atoms with Crippen LogP contribution in [0.15, 0.2) is 24.3 Å². The van der Waals surface area contributed by atoms with Crippen molar-refractivity contribution >= 4 is 28.9 Å². The molecule has 1 saturated carbocycles. The zero-order valence-electron chi connectivity index (χ0n) is 13.9. The molecule has 7 heteroatoms. The van der Waals surface area contributed by atoms with E-state index >= 15 is 0 Å². The summed E-state index contributed by atoms with van der Waals surface area (Å²) in [5.41, 5.74) is 1.98. The summed E-state index contributed by atoms with van der Waals surface area (Å²) >= 11 is 0. The lowest BCUT2D eigenvalue weighted by molar-refractivity contribution is -0.153. The van der Waals surface area contributed by atoms with Crippen LogP contribution in [0.3, 0.4) is 0 Å². The van der Waals surface area contributed by atoms with Gasteiger partial charge in [0.1, 0.15) is 0 Å². The maximum Gasteiger partial charge on any atom is 0.307 e. The molecule has 1 aromatic heterocycles. The number of nitrogens with zero attached hydrogens (tertiary/aromatic N) is 2. The van der Waals surface area contributed by atoms with Crippen LogP contribution in [0, 0.1) is 11.8 Å². The van der Waals surface area contributed by atoms with Gasteiger partial charge < -0.3 is 20.3 Å². The Balaban J connectivity index is 1.32. The summed E-state index contributed by atoms with van der Waals surface area (Å²) in [7, 11) is 0. The Morgan fingerprint density at radius 1 is 1.12 bits per heavy atom. The van der Waals surface area contributed by atoms with Gasteiger partial charge in [-0.15, -0.1) is 0 Å². The van der Waals surface area contributed by atoms with E-state index in [2.05, 4.69) is 20.2 Å². The fourth-order valence-electron chi connectivity index (χ4n) is 3.74. The Morgan fingerprint density at radius 3 is 2.48 bits per heavy atom. The molecule has 0 bridgehead atoms. The fourth-order valence-corrected chi connectivity index (χ4v) is 3.74. The standard InChI is InChI=1S/C18H22N4O3/c23-16(12-5-6-13(12)17(24)25)19-11-7-9-22(10-8-11)18-20-14-3-1-2-4-15(14)21-18/h1-4,11-13H,5-10H2,(H,19,23)(H,20,21)(H,24,25)/t12-,13+/m0/s1. The van der Waals surface area contributed by atoms with Gasteiger partial charge in [0.05, 0.1) is 22.9 Å². The molecule has 2 atom stereocenters. The van der Waals surface area contributed by atoms with E-state index in [9.17, 15) is 9.59 Å². The van der Waals surface area contributed by atoms with Crippen molar-refractivity contribution in [3.05, 3.63) is 24.3 Å². The van der Waals surface area contributed by atoms with Gasteiger partial charge in [0.15, 0.2) is 0 Å². The van der Waals surface area contributed by atoms with Crippen LogP contribution in [0.2, 0.25) is 0 Å². The summed E-state index contributed by atoms with van der Waals surface area (Å²) in [5, 5.41) is 12.1. The highest BCUT2D eigenvalue weighted by Gasteiger charge is 2.42. The molecule has 1 aromatic carbocycles. The number of carboxylic acids is 1. The second kappa shape index (κ2) is 6.38. The first-order valence-corrected chi connectivity index (χ1v) is 8.84. The molecule has 1 saturated heterocycles. The number of nitrogens with one attached hydrogen (secondary N) is 2. The van der Waals surface area contributed by atoms with Crippen molar-refractivity contribution < 1.29 is 14.7 Å². The Bertz CT molecular complexity index is 761. The Kier molecular flexibility index (Phi) is 4.07. The average Bonchev–Trinajstić information content (AvgIpc) is 2.97. The number of carbonyl (C=O) groups excluding carboxylic acids is 1. The van der Waals surface area contributed by atoms with Gasteiger partial charge in [-0.1, -0.05) is 12.1 Å².